The number of ether oxygens (including phenoxy) is 2. The molecule has 0 aromatic heterocycles. The lowest BCUT2D eigenvalue weighted by Crippen LogP contribution is -2.46. The number of carbonyl (C=O) groups excluding carboxylic acids is 4. The van der Waals surface area contributed by atoms with Crippen LogP contribution in [0.3, 0.4) is 0 Å². The number of imide groups is 1. The van der Waals surface area contributed by atoms with E-state index < -0.39 is 35.7 Å². The van der Waals surface area contributed by atoms with Gasteiger partial charge in [0, 0.05) is 5.69 Å². The molecule has 1 aliphatic heterocycles. The van der Waals surface area contributed by atoms with Gasteiger partial charge in [-0.25, -0.2) is 9.59 Å². The van der Waals surface area contributed by atoms with Crippen LogP contribution in [0.2, 0.25) is 0 Å². The largest absolute Gasteiger partial charge is 0.470 e. The molecule has 26 heavy (non-hydrogen) atoms. The maximum absolute atomic E-state index is 12.4. The van der Waals surface area contributed by atoms with Gasteiger partial charge in [-0.2, -0.15) is 0 Å². The lowest BCUT2D eigenvalue weighted by Gasteiger charge is -2.20. The van der Waals surface area contributed by atoms with Crippen molar-refractivity contribution in [2.45, 2.75) is 20.0 Å². The molecule has 1 aromatic carbocycles. The van der Waals surface area contributed by atoms with Gasteiger partial charge in [0.25, 0.3) is 5.91 Å². The summed E-state index contributed by atoms with van der Waals surface area (Å²) in [5.74, 6) is -2.98. The van der Waals surface area contributed by atoms with Crippen LogP contribution in [0.5, 0.6) is 0 Å². The molecule has 2 rings (SSSR count). The van der Waals surface area contributed by atoms with Crippen molar-refractivity contribution in [1.29, 1.82) is 0 Å². The maximum Gasteiger partial charge on any atom is 0.348 e. The van der Waals surface area contributed by atoms with Crippen molar-refractivity contribution in [3.63, 3.8) is 0 Å². The first kappa shape index (κ1) is 19.0. The third-order valence-electron chi connectivity index (χ3n) is 3.43. The van der Waals surface area contributed by atoms with Crippen LogP contribution in [0.15, 0.2) is 41.8 Å². The highest BCUT2D eigenvalue weighted by Gasteiger charge is 2.36. The Kier molecular flexibility index (Phi) is 5.94. The topological polar surface area (TPSA) is 137 Å². The number of esters is 1. The number of urea groups is 1. The second kappa shape index (κ2) is 8.15. The molecule has 0 spiro atoms. The number of ketones is 1. The predicted octanol–water partition coefficient (Wildman–Crippen LogP) is 0.672. The third-order valence-corrected chi connectivity index (χ3v) is 3.43. The fourth-order valence-electron chi connectivity index (χ4n) is 2.23. The van der Waals surface area contributed by atoms with Crippen molar-refractivity contribution >= 4 is 29.4 Å². The molecule has 9 heteroatoms. The number of carbonyl (C=O) groups is 4. The molecule has 138 valence electrons. The van der Waals surface area contributed by atoms with Crippen molar-refractivity contribution in [3.8, 4) is 0 Å². The molecular formula is C17H19N3O6. The van der Waals surface area contributed by atoms with Crippen molar-refractivity contribution < 1.29 is 28.7 Å². The molecule has 0 unspecified atom stereocenters. The molecule has 1 aromatic rings. The van der Waals surface area contributed by atoms with E-state index >= 15 is 0 Å². The van der Waals surface area contributed by atoms with Gasteiger partial charge in [0.15, 0.2) is 18.3 Å². The summed E-state index contributed by atoms with van der Waals surface area (Å²) in [6, 6.07) is 7.71. The summed E-state index contributed by atoms with van der Waals surface area (Å²) in [5, 5.41) is 4.68. The van der Waals surface area contributed by atoms with Gasteiger partial charge in [-0.1, -0.05) is 32.0 Å². The van der Waals surface area contributed by atoms with Crippen LogP contribution < -0.4 is 16.4 Å². The van der Waals surface area contributed by atoms with Crippen LogP contribution >= 0.6 is 0 Å². The van der Waals surface area contributed by atoms with Crippen LogP contribution in [-0.2, 0) is 23.9 Å². The monoisotopic (exact) mass is 361 g/mol. The molecular weight excluding hydrogens is 342 g/mol. The third kappa shape index (κ3) is 4.59. The Bertz CT molecular complexity index is 757. The number of nitrogens with two attached hydrogens (primary N) is 1. The number of rotatable bonds is 6. The molecule has 0 bridgehead atoms. The molecule has 1 atom stereocenters. The minimum Gasteiger partial charge on any atom is -0.470 e. The lowest BCUT2D eigenvalue weighted by atomic mass is 10.1. The summed E-state index contributed by atoms with van der Waals surface area (Å²) in [4.78, 5) is 47.3. The number of benzene rings is 1. The first-order valence-electron chi connectivity index (χ1n) is 7.83. The van der Waals surface area contributed by atoms with Gasteiger partial charge in [0.2, 0.25) is 11.7 Å². The Morgan fingerprint density at radius 2 is 1.85 bits per heavy atom. The first-order valence-corrected chi connectivity index (χ1v) is 7.83. The number of nitrogens with one attached hydrogen (secondary N) is 2. The average Bonchev–Trinajstić information content (AvgIpc) is 2.92. The Morgan fingerprint density at radius 3 is 2.42 bits per heavy atom. The maximum atomic E-state index is 12.4. The first-order chi connectivity index (χ1) is 12.3. The van der Waals surface area contributed by atoms with Crippen LogP contribution in [0, 0.1) is 5.92 Å². The molecule has 0 radical (unpaired) electrons. The fraction of sp³-hybridized carbons (Fsp3) is 0.294. The zero-order valence-corrected chi connectivity index (χ0v) is 14.3. The molecule has 1 heterocycles. The number of primary amides is 1. The van der Waals surface area contributed by atoms with E-state index in [0.717, 1.165) is 0 Å². The molecule has 9 nitrogen and oxygen atoms in total. The highest BCUT2D eigenvalue weighted by atomic mass is 16.6. The minimum absolute atomic E-state index is 0.0518. The summed E-state index contributed by atoms with van der Waals surface area (Å²) in [5.41, 5.74) is 5.19. The van der Waals surface area contributed by atoms with E-state index in [1.807, 2.05) is 5.32 Å². The van der Waals surface area contributed by atoms with E-state index in [0.29, 0.717) is 5.69 Å². The van der Waals surface area contributed by atoms with Gasteiger partial charge in [-0.15, -0.1) is 0 Å². The summed E-state index contributed by atoms with van der Waals surface area (Å²) >= 11 is 0. The van der Waals surface area contributed by atoms with Crippen molar-refractivity contribution in [2.75, 3.05) is 11.9 Å². The van der Waals surface area contributed by atoms with Crippen molar-refractivity contribution in [3.05, 3.63) is 41.8 Å². The Hall–Kier alpha value is -3.36. The number of anilines is 1. The summed E-state index contributed by atoms with van der Waals surface area (Å²) in [6.07, 6.45) is -1.30. The van der Waals surface area contributed by atoms with E-state index in [9.17, 15) is 19.2 Å². The van der Waals surface area contributed by atoms with Crippen molar-refractivity contribution in [2.24, 2.45) is 11.7 Å². The van der Waals surface area contributed by atoms with E-state index in [4.69, 9.17) is 15.2 Å². The molecule has 0 aliphatic carbocycles. The van der Waals surface area contributed by atoms with Crippen LogP contribution in [0.4, 0.5) is 10.5 Å². The zero-order chi connectivity index (χ0) is 19.3. The smallest absolute Gasteiger partial charge is 0.348 e. The van der Waals surface area contributed by atoms with E-state index in [1.165, 1.54) is 0 Å². The zero-order valence-electron chi connectivity index (χ0n) is 14.3. The second-order valence-corrected chi connectivity index (χ2v) is 5.83. The normalized spacial score (nSPS) is 14.7. The van der Waals surface area contributed by atoms with Gasteiger partial charge in [-0.05, 0) is 18.1 Å². The van der Waals surface area contributed by atoms with Crippen LogP contribution in [0.1, 0.15) is 13.8 Å². The number of amides is 3. The summed E-state index contributed by atoms with van der Waals surface area (Å²) < 4.78 is 10.4. The Morgan fingerprint density at radius 1 is 1.19 bits per heavy atom. The molecule has 4 N–H and O–H groups in total. The van der Waals surface area contributed by atoms with Crippen LogP contribution in [-0.4, -0.2) is 36.4 Å². The molecule has 0 fully saturated rings. The number of para-hydroxylation sites is 1. The highest BCUT2D eigenvalue weighted by molar-refractivity contribution is 6.20. The fourth-order valence-corrected chi connectivity index (χ4v) is 2.23. The standard InChI is InChI=1S/C17H19N3O6/c1-9(2)13(14(22)20-17(18)24)26-16(23)12-11(21)8-25-15(12)19-10-6-4-3-5-7-10/h3-7,9,13,19H,8H2,1-2H3,(H3,18,20,22,24)/t13-/m0/s1. The van der Waals surface area contributed by atoms with Gasteiger partial charge in [0.1, 0.15) is 0 Å². The molecule has 0 saturated heterocycles. The van der Waals surface area contributed by atoms with E-state index in [-0.39, 0.29) is 18.1 Å². The molecule has 0 saturated carbocycles. The van der Waals surface area contributed by atoms with E-state index in [1.54, 1.807) is 44.2 Å². The van der Waals surface area contributed by atoms with Crippen molar-refractivity contribution in [1.82, 2.24) is 5.32 Å². The predicted molar refractivity (Wildman–Crippen MR) is 90.5 cm³/mol. The summed E-state index contributed by atoms with van der Waals surface area (Å²) in [7, 11) is 0. The lowest BCUT2D eigenvalue weighted by molar-refractivity contribution is -0.155. The number of hydrogen-bond donors (Lipinski definition) is 3. The molecule has 3 amide bonds. The summed E-state index contributed by atoms with van der Waals surface area (Å²) in [6.45, 7) is 2.91. The number of hydrogen-bond acceptors (Lipinski definition) is 7. The minimum atomic E-state index is -1.30. The van der Waals surface area contributed by atoms with Crippen LogP contribution in [0.25, 0.3) is 0 Å². The second-order valence-electron chi connectivity index (χ2n) is 5.83. The van der Waals surface area contributed by atoms with Gasteiger partial charge < -0.3 is 20.5 Å². The molecule has 1 aliphatic rings. The SMILES string of the molecule is CC(C)[C@H](OC(=O)C1=C(Nc2ccccc2)OCC1=O)C(=O)NC(N)=O. The highest BCUT2D eigenvalue weighted by Crippen LogP contribution is 2.22. The Balaban J connectivity index is 2.20. The van der Waals surface area contributed by atoms with Gasteiger partial charge in [-0.3, -0.25) is 14.9 Å². The van der Waals surface area contributed by atoms with E-state index in [2.05, 4.69) is 5.32 Å². The van der Waals surface area contributed by atoms with Gasteiger partial charge in [0.05, 0.1) is 0 Å². The Labute approximate surface area is 149 Å². The van der Waals surface area contributed by atoms with Gasteiger partial charge >= 0.3 is 12.0 Å². The number of Topliss-reactive ketones (excluding diaryl/α,β-unsaturated/α-hetero) is 1. The quantitative estimate of drug-likeness (QED) is 0.500. The average molecular weight is 361 g/mol.